The Morgan fingerprint density at radius 3 is 2.50 bits per heavy atom. The average Bonchev–Trinajstić information content (AvgIpc) is 3.32. The summed E-state index contributed by atoms with van der Waals surface area (Å²) < 4.78 is 20.4. The number of nitrogens with zero attached hydrogens (tertiary/aromatic N) is 1. The molecule has 0 spiro atoms. The van der Waals surface area contributed by atoms with Gasteiger partial charge in [-0.1, -0.05) is 11.2 Å². The molecule has 32 heavy (non-hydrogen) atoms. The predicted molar refractivity (Wildman–Crippen MR) is 114 cm³/mol. The molecule has 10 heteroatoms. The molecule has 0 atom stereocenters. The van der Waals surface area contributed by atoms with E-state index in [0.29, 0.717) is 28.5 Å². The normalized spacial score (nSPS) is 10.2. The Morgan fingerprint density at radius 2 is 1.78 bits per heavy atom. The summed E-state index contributed by atoms with van der Waals surface area (Å²) in [5.41, 5.74) is 1.23. The highest BCUT2D eigenvalue weighted by Gasteiger charge is 2.18. The Kier molecular flexibility index (Phi) is 7.06. The maximum Gasteiger partial charge on any atom is 0.325 e. The minimum Gasteiger partial charge on any atom is -0.497 e. The van der Waals surface area contributed by atoms with Crippen LogP contribution in [0.1, 0.15) is 20.8 Å². The van der Waals surface area contributed by atoms with Gasteiger partial charge in [0.05, 0.1) is 26.9 Å². The number of esters is 1. The van der Waals surface area contributed by atoms with Crippen molar-refractivity contribution < 1.29 is 33.1 Å². The zero-order valence-corrected chi connectivity index (χ0v) is 17.6. The molecule has 1 aromatic heterocycles. The van der Waals surface area contributed by atoms with Gasteiger partial charge in [-0.15, -0.1) is 0 Å². The molecule has 3 rings (SSSR count). The molecule has 2 aromatic carbocycles. The highest BCUT2D eigenvalue weighted by Crippen LogP contribution is 2.33. The lowest BCUT2D eigenvalue weighted by Crippen LogP contribution is -2.30. The summed E-state index contributed by atoms with van der Waals surface area (Å²) in [6, 6.07) is 12.9. The molecular weight excluding hydrogens is 418 g/mol. The van der Waals surface area contributed by atoms with E-state index in [0.717, 1.165) is 0 Å². The number of carbonyl (C=O) groups excluding carboxylic acids is 3. The van der Waals surface area contributed by atoms with E-state index >= 15 is 0 Å². The van der Waals surface area contributed by atoms with Gasteiger partial charge in [-0.05, 0) is 36.4 Å². The van der Waals surface area contributed by atoms with Gasteiger partial charge in [0.2, 0.25) is 0 Å². The predicted octanol–water partition coefficient (Wildman–Crippen LogP) is 2.51. The summed E-state index contributed by atoms with van der Waals surface area (Å²) >= 11 is 0. The molecule has 10 nitrogen and oxygen atoms in total. The molecule has 1 heterocycles. The van der Waals surface area contributed by atoms with Crippen LogP contribution in [0.4, 0.5) is 5.69 Å². The Bertz CT molecular complexity index is 1140. The van der Waals surface area contributed by atoms with Crippen LogP contribution in [0.3, 0.4) is 0 Å². The second-order valence-corrected chi connectivity index (χ2v) is 6.44. The molecule has 2 amide bonds. The third kappa shape index (κ3) is 5.22. The van der Waals surface area contributed by atoms with Gasteiger partial charge in [0.1, 0.15) is 18.0 Å². The molecule has 0 aliphatic rings. The number of nitrogens with one attached hydrogen (secondary N) is 2. The zero-order valence-electron chi connectivity index (χ0n) is 17.6. The van der Waals surface area contributed by atoms with Crippen molar-refractivity contribution in [1.82, 2.24) is 10.5 Å². The monoisotopic (exact) mass is 439 g/mol. The van der Waals surface area contributed by atoms with Crippen LogP contribution < -0.4 is 20.1 Å². The smallest absolute Gasteiger partial charge is 0.325 e. The summed E-state index contributed by atoms with van der Waals surface area (Å²) in [6.45, 7) is -0.263. The molecule has 166 valence electrons. The van der Waals surface area contributed by atoms with Crippen molar-refractivity contribution in [2.24, 2.45) is 0 Å². The van der Waals surface area contributed by atoms with E-state index in [9.17, 15) is 14.4 Å². The van der Waals surface area contributed by atoms with Crippen LogP contribution in [0.15, 0.2) is 53.1 Å². The van der Waals surface area contributed by atoms with Crippen molar-refractivity contribution in [3.8, 4) is 22.8 Å². The third-order valence-corrected chi connectivity index (χ3v) is 4.42. The van der Waals surface area contributed by atoms with E-state index < -0.39 is 17.8 Å². The summed E-state index contributed by atoms with van der Waals surface area (Å²) in [6.07, 6.45) is 0. The summed E-state index contributed by atoms with van der Waals surface area (Å²) in [4.78, 5) is 36.0. The van der Waals surface area contributed by atoms with Gasteiger partial charge in [0.25, 0.3) is 11.8 Å². The fourth-order valence-electron chi connectivity index (χ4n) is 2.78. The number of carbonyl (C=O) groups is 3. The first-order valence-electron chi connectivity index (χ1n) is 9.40. The molecule has 3 aromatic rings. The lowest BCUT2D eigenvalue weighted by molar-refractivity contribution is -0.139. The Labute approximate surface area is 183 Å². The molecule has 0 saturated heterocycles. The van der Waals surface area contributed by atoms with Gasteiger partial charge < -0.3 is 29.4 Å². The van der Waals surface area contributed by atoms with Crippen molar-refractivity contribution in [1.29, 1.82) is 0 Å². The molecule has 0 aliphatic heterocycles. The SMILES string of the molecule is COC(=O)CNC(=O)c1cccc(NC(=O)c2cc(-c3cc(OC)ccc3OC)on2)c1. The van der Waals surface area contributed by atoms with Crippen LogP contribution in [0.25, 0.3) is 11.3 Å². The van der Waals surface area contributed by atoms with E-state index in [2.05, 4.69) is 20.5 Å². The largest absolute Gasteiger partial charge is 0.497 e. The van der Waals surface area contributed by atoms with Crippen LogP contribution in [0.5, 0.6) is 11.5 Å². The molecular formula is C22H21N3O7. The first kappa shape index (κ1) is 22.3. The number of amides is 2. The number of aromatic nitrogens is 1. The van der Waals surface area contributed by atoms with E-state index in [1.807, 2.05) is 0 Å². The van der Waals surface area contributed by atoms with Crippen LogP contribution in [0, 0.1) is 0 Å². The molecule has 0 bridgehead atoms. The fraction of sp³-hybridized carbons (Fsp3) is 0.182. The zero-order chi connectivity index (χ0) is 23.1. The van der Waals surface area contributed by atoms with Gasteiger partial charge in [0, 0.05) is 17.3 Å². The van der Waals surface area contributed by atoms with Gasteiger partial charge in [-0.25, -0.2) is 0 Å². The number of anilines is 1. The molecule has 0 unspecified atom stereocenters. The quantitative estimate of drug-likeness (QED) is 0.512. The van der Waals surface area contributed by atoms with Crippen molar-refractivity contribution in [2.75, 3.05) is 33.2 Å². The van der Waals surface area contributed by atoms with Gasteiger partial charge >= 0.3 is 5.97 Å². The Balaban J connectivity index is 1.73. The Morgan fingerprint density at radius 1 is 0.969 bits per heavy atom. The first-order valence-corrected chi connectivity index (χ1v) is 9.40. The number of ether oxygens (including phenoxy) is 3. The lowest BCUT2D eigenvalue weighted by Gasteiger charge is -2.07. The number of hydrogen-bond donors (Lipinski definition) is 2. The summed E-state index contributed by atoms with van der Waals surface area (Å²) in [7, 11) is 4.28. The lowest BCUT2D eigenvalue weighted by atomic mass is 10.1. The molecule has 2 N–H and O–H groups in total. The molecule has 0 saturated carbocycles. The number of benzene rings is 2. The summed E-state index contributed by atoms with van der Waals surface area (Å²) in [5, 5.41) is 8.91. The van der Waals surface area contributed by atoms with Gasteiger partial charge in [0.15, 0.2) is 11.5 Å². The van der Waals surface area contributed by atoms with Crippen molar-refractivity contribution in [2.45, 2.75) is 0 Å². The van der Waals surface area contributed by atoms with E-state index in [1.54, 1.807) is 36.4 Å². The highest BCUT2D eigenvalue weighted by atomic mass is 16.5. The second kappa shape index (κ2) is 10.1. The average molecular weight is 439 g/mol. The standard InChI is InChI=1S/C22H21N3O7/c1-29-15-7-8-18(30-2)16(10-15)19-11-17(25-32-19)22(28)24-14-6-4-5-13(9-14)21(27)23-12-20(26)31-3/h4-11H,12H2,1-3H3,(H,23,27)(H,24,28). The molecule has 0 fully saturated rings. The van der Waals surface area contributed by atoms with Crippen molar-refractivity contribution >= 4 is 23.5 Å². The minimum absolute atomic E-state index is 0.0328. The minimum atomic E-state index is -0.572. The second-order valence-electron chi connectivity index (χ2n) is 6.44. The fourth-order valence-corrected chi connectivity index (χ4v) is 2.78. The maximum absolute atomic E-state index is 12.6. The highest BCUT2D eigenvalue weighted by molar-refractivity contribution is 6.04. The van der Waals surface area contributed by atoms with Crippen molar-refractivity contribution in [3.05, 3.63) is 59.8 Å². The summed E-state index contributed by atoms with van der Waals surface area (Å²) in [5.74, 6) is -0.154. The van der Waals surface area contributed by atoms with Crippen molar-refractivity contribution in [3.63, 3.8) is 0 Å². The number of hydrogen-bond acceptors (Lipinski definition) is 8. The molecule has 0 radical (unpaired) electrons. The maximum atomic E-state index is 12.6. The number of rotatable bonds is 8. The van der Waals surface area contributed by atoms with E-state index in [4.69, 9.17) is 14.0 Å². The molecule has 0 aliphatic carbocycles. The van der Waals surface area contributed by atoms with Crippen LogP contribution in [-0.4, -0.2) is 50.8 Å². The number of methoxy groups -OCH3 is 3. The van der Waals surface area contributed by atoms with Crippen LogP contribution in [-0.2, 0) is 9.53 Å². The first-order chi connectivity index (χ1) is 15.4. The van der Waals surface area contributed by atoms with Gasteiger partial charge in [-0.2, -0.15) is 0 Å². The topological polar surface area (TPSA) is 129 Å². The Hall–Kier alpha value is -4.34. The van der Waals surface area contributed by atoms with E-state index in [1.165, 1.54) is 33.5 Å². The van der Waals surface area contributed by atoms with Crippen LogP contribution >= 0.6 is 0 Å². The van der Waals surface area contributed by atoms with Gasteiger partial charge in [-0.3, -0.25) is 14.4 Å². The van der Waals surface area contributed by atoms with E-state index in [-0.39, 0.29) is 17.8 Å². The van der Waals surface area contributed by atoms with Crippen LogP contribution in [0.2, 0.25) is 0 Å². The third-order valence-electron chi connectivity index (χ3n) is 4.42.